The van der Waals surface area contributed by atoms with E-state index in [4.69, 9.17) is 0 Å². The largest absolute Gasteiger partial charge is 0.310 e. The second-order valence-electron chi connectivity index (χ2n) is 5.35. The Morgan fingerprint density at radius 3 is 2.79 bits per heavy atom. The summed E-state index contributed by atoms with van der Waals surface area (Å²) in [7, 11) is 0. The van der Waals surface area contributed by atoms with Gasteiger partial charge in [0.2, 0.25) is 0 Å². The Balaban J connectivity index is 1.58. The molecule has 0 bridgehead atoms. The Morgan fingerprint density at radius 1 is 1.21 bits per heavy atom. The molecule has 0 atom stereocenters. The zero-order chi connectivity index (χ0) is 13.1. The molecule has 1 aromatic carbocycles. The van der Waals surface area contributed by atoms with Gasteiger partial charge in [-0.3, -0.25) is 0 Å². The molecule has 102 valence electrons. The third-order valence-electron chi connectivity index (χ3n) is 4.15. The minimum absolute atomic E-state index is 0.724. The Labute approximate surface area is 123 Å². The second-order valence-corrected chi connectivity index (χ2v) is 7.40. The van der Waals surface area contributed by atoms with Gasteiger partial charge in [-0.15, -0.1) is 11.3 Å². The first-order valence-corrected chi connectivity index (χ1v) is 9.25. The van der Waals surface area contributed by atoms with Crippen LogP contribution in [-0.4, -0.2) is 17.5 Å². The van der Waals surface area contributed by atoms with E-state index in [1.54, 1.807) is 0 Å². The maximum atomic E-state index is 3.76. The van der Waals surface area contributed by atoms with E-state index in [1.807, 2.05) is 23.1 Å². The fraction of sp³-hybridized carbons (Fsp3) is 0.500. The van der Waals surface area contributed by atoms with E-state index in [-0.39, 0.29) is 0 Å². The van der Waals surface area contributed by atoms with Gasteiger partial charge in [0, 0.05) is 22.5 Å². The fourth-order valence-electron chi connectivity index (χ4n) is 2.93. The molecule has 3 heteroatoms. The van der Waals surface area contributed by atoms with E-state index in [9.17, 15) is 0 Å². The first-order valence-electron chi connectivity index (χ1n) is 7.08. The average molecular weight is 291 g/mol. The maximum absolute atomic E-state index is 3.76. The Morgan fingerprint density at radius 2 is 2.00 bits per heavy atom. The standard InChI is InChI=1S/C16H21NS2/c1-18-14-8-6-13(7-9-14)17-10-12-11-19-16-5-3-2-4-15(12)16/h2-5,11,13-14,17H,6-10H2,1H3. The highest BCUT2D eigenvalue weighted by atomic mass is 32.2. The number of thioether (sulfide) groups is 1. The molecule has 1 aliphatic carbocycles. The molecule has 1 nitrogen and oxygen atoms in total. The number of benzene rings is 1. The van der Waals surface area contributed by atoms with Gasteiger partial charge in [-0.2, -0.15) is 11.8 Å². The smallest absolute Gasteiger partial charge is 0.0346 e. The topological polar surface area (TPSA) is 12.0 Å². The van der Waals surface area contributed by atoms with E-state index in [2.05, 4.69) is 41.2 Å². The van der Waals surface area contributed by atoms with E-state index in [0.717, 1.165) is 17.8 Å². The van der Waals surface area contributed by atoms with Crippen LogP contribution in [0.4, 0.5) is 0 Å². The molecule has 1 fully saturated rings. The van der Waals surface area contributed by atoms with Crippen molar-refractivity contribution in [3.8, 4) is 0 Å². The monoisotopic (exact) mass is 291 g/mol. The van der Waals surface area contributed by atoms with Crippen LogP contribution in [0.25, 0.3) is 10.1 Å². The lowest BCUT2D eigenvalue weighted by molar-refractivity contribution is 0.379. The fourth-order valence-corrected chi connectivity index (χ4v) is 4.63. The molecule has 0 amide bonds. The first kappa shape index (κ1) is 13.5. The molecule has 19 heavy (non-hydrogen) atoms. The molecule has 1 aliphatic rings. The number of fused-ring (bicyclic) bond motifs is 1. The SMILES string of the molecule is CSC1CCC(NCc2csc3ccccc23)CC1. The summed E-state index contributed by atoms with van der Waals surface area (Å²) in [6.45, 7) is 1.03. The summed E-state index contributed by atoms with van der Waals surface area (Å²) in [5.74, 6) is 0. The van der Waals surface area contributed by atoms with E-state index < -0.39 is 0 Å². The van der Waals surface area contributed by atoms with Crippen LogP contribution in [0.15, 0.2) is 29.6 Å². The highest BCUT2D eigenvalue weighted by molar-refractivity contribution is 7.99. The van der Waals surface area contributed by atoms with Gasteiger partial charge in [0.1, 0.15) is 0 Å². The lowest BCUT2D eigenvalue weighted by Crippen LogP contribution is -2.33. The molecule has 0 radical (unpaired) electrons. The first-order chi connectivity index (χ1) is 9.36. The molecular formula is C16H21NS2. The summed E-state index contributed by atoms with van der Waals surface area (Å²) in [4.78, 5) is 0. The van der Waals surface area contributed by atoms with E-state index >= 15 is 0 Å². The van der Waals surface area contributed by atoms with Gasteiger partial charge in [-0.05, 0) is 54.3 Å². The molecule has 0 unspecified atom stereocenters. The number of nitrogens with one attached hydrogen (secondary N) is 1. The summed E-state index contributed by atoms with van der Waals surface area (Å²) >= 11 is 3.90. The van der Waals surface area contributed by atoms with Crippen LogP contribution in [0.1, 0.15) is 31.2 Å². The van der Waals surface area contributed by atoms with Crippen LogP contribution in [-0.2, 0) is 6.54 Å². The van der Waals surface area contributed by atoms with Crippen molar-refractivity contribution in [1.29, 1.82) is 0 Å². The highest BCUT2D eigenvalue weighted by Crippen LogP contribution is 2.28. The number of rotatable bonds is 4. The van der Waals surface area contributed by atoms with Crippen molar-refractivity contribution in [1.82, 2.24) is 5.32 Å². The van der Waals surface area contributed by atoms with Gasteiger partial charge in [0.25, 0.3) is 0 Å². The van der Waals surface area contributed by atoms with Gasteiger partial charge < -0.3 is 5.32 Å². The molecule has 1 N–H and O–H groups in total. The van der Waals surface area contributed by atoms with Crippen molar-refractivity contribution in [3.05, 3.63) is 35.2 Å². The Kier molecular flexibility index (Phi) is 4.46. The molecule has 0 spiro atoms. The summed E-state index contributed by atoms with van der Waals surface area (Å²) in [5, 5.41) is 8.40. The maximum Gasteiger partial charge on any atom is 0.0346 e. The summed E-state index contributed by atoms with van der Waals surface area (Å²) in [5.41, 5.74) is 1.47. The molecule has 1 heterocycles. The van der Waals surface area contributed by atoms with Crippen LogP contribution in [0.5, 0.6) is 0 Å². The molecule has 1 saturated carbocycles. The van der Waals surface area contributed by atoms with Crippen molar-refractivity contribution in [3.63, 3.8) is 0 Å². The lowest BCUT2D eigenvalue weighted by atomic mass is 9.95. The average Bonchev–Trinajstić information content (AvgIpc) is 2.89. The minimum atomic E-state index is 0.724. The second kappa shape index (κ2) is 6.29. The predicted molar refractivity (Wildman–Crippen MR) is 88.2 cm³/mol. The normalized spacial score (nSPS) is 23.8. The lowest BCUT2D eigenvalue weighted by Gasteiger charge is -2.28. The summed E-state index contributed by atoms with van der Waals surface area (Å²) < 4.78 is 1.41. The summed E-state index contributed by atoms with van der Waals surface area (Å²) in [6, 6.07) is 9.45. The van der Waals surface area contributed by atoms with Gasteiger partial charge in [0.05, 0.1) is 0 Å². The van der Waals surface area contributed by atoms with Crippen molar-refractivity contribution < 1.29 is 0 Å². The number of thiophene rings is 1. The zero-order valence-electron chi connectivity index (χ0n) is 11.4. The highest BCUT2D eigenvalue weighted by Gasteiger charge is 2.20. The Hall–Kier alpha value is -0.510. The third kappa shape index (κ3) is 3.15. The van der Waals surface area contributed by atoms with Crippen LogP contribution >= 0.6 is 23.1 Å². The van der Waals surface area contributed by atoms with Crippen molar-refractivity contribution in [2.75, 3.05) is 6.26 Å². The Bertz CT molecular complexity index is 526. The van der Waals surface area contributed by atoms with Crippen molar-refractivity contribution in [2.24, 2.45) is 0 Å². The third-order valence-corrected chi connectivity index (χ3v) is 6.30. The number of hydrogen-bond donors (Lipinski definition) is 1. The molecule has 0 saturated heterocycles. The van der Waals surface area contributed by atoms with Gasteiger partial charge in [-0.25, -0.2) is 0 Å². The number of hydrogen-bond acceptors (Lipinski definition) is 3. The molecular weight excluding hydrogens is 270 g/mol. The van der Waals surface area contributed by atoms with Crippen LogP contribution in [0.3, 0.4) is 0 Å². The van der Waals surface area contributed by atoms with E-state index in [1.165, 1.54) is 41.3 Å². The zero-order valence-corrected chi connectivity index (χ0v) is 13.0. The minimum Gasteiger partial charge on any atom is -0.310 e. The molecule has 3 rings (SSSR count). The van der Waals surface area contributed by atoms with E-state index in [0.29, 0.717) is 0 Å². The molecule has 1 aromatic heterocycles. The summed E-state index contributed by atoms with van der Waals surface area (Å²) in [6.07, 6.45) is 7.68. The van der Waals surface area contributed by atoms with Crippen LogP contribution in [0, 0.1) is 0 Å². The molecule has 0 aliphatic heterocycles. The van der Waals surface area contributed by atoms with Gasteiger partial charge >= 0.3 is 0 Å². The predicted octanol–water partition coefficient (Wildman–Crippen LogP) is 4.67. The van der Waals surface area contributed by atoms with Crippen LogP contribution in [0.2, 0.25) is 0 Å². The molecule has 2 aromatic rings. The van der Waals surface area contributed by atoms with Gasteiger partial charge in [0.15, 0.2) is 0 Å². The van der Waals surface area contributed by atoms with Crippen molar-refractivity contribution >= 4 is 33.2 Å². The van der Waals surface area contributed by atoms with Gasteiger partial charge in [-0.1, -0.05) is 18.2 Å². The quantitative estimate of drug-likeness (QED) is 0.879. The van der Waals surface area contributed by atoms with Crippen LogP contribution < -0.4 is 5.32 Å². The van der Waals surface area contributed by atoms with Crippen molar-refractivity contribution in [2.45, 2.75) is 43.5 Å².